The number of fused-ring (bicyclic) bond motifs is 1. The van der Waals surface area contributed by atoms with E-state index in [1.54, 1.807) is 19.6 Å². The molecule has 3 aromatic rings. The normalized spacial score (nSPS) is 10.6. The van der Waals surface area contributed by atoms with Crippen LogP contribution in [0.15, 0.2) is 42.9 Å². The maximum absolute atomic E-state index is 4.38. The van der Waals surface area contributed by atoms with Crippen molar-refractivity contribution >= 4 is 17.0 Å². The number of aromatic nitrogens is 4. The Hall–Kier alpha value is -2.43. The molecule has 3 rings (SSSR count). The molecule has 0 bridgehead atoms. The van der Waals surface area contributed by atoms with Crippen LogP contribution in [0.25, 0.3) is 16.9 Å². The third-order valence-electron chi connectivity index (χ3n) is 2.56. The Morgan fingerprint density at radius 1 is 1.12 bits per heavy atom. The Labute approximate surface area is 98.2 Å². The summed E-state index contributed by atoms with van der Waals surface area (Å²) in [7, 11) is 1.80. The van der Waals surface area contributed by atoms with Crippen LogP contribution in [0.1, 0.15) is 0 Å². The SMILES string of the molecule is CNc1nccc(-n2cnc3ccccc32)n1. The second-order valence-electron chi connectivity index (χ2n) is 3.59. The number of nitrogens with zero attached hydrogens (tertiary/aromatic N) is 4. The van der Waals surface area contributed by atoms with Gasteiger partial charge in [-0.05, 0) is 18.2 Å². The van der Waals surface area contributed by atoms with Gasteiger partial charge in [-0.2, -0.15) is 4.98 Å². The van der Waals surface area contributed by atoms with Crippen LogP contribution in [0.5, 0.6) is 0 Å². The maximum Gasteiger partial charge on any atom is 0.224 e. The van der Waals surface area contributed by atoms with Crippen LogP contribution in [0.4, 0.5) is 5.95 Å². The molecule has 0 radical (unpaired) electrons. The highest BCUT2D eigenvalue weighted by atomic mass is 15.2. The standard InChI is InChI=1S/C12H11N5/c1-13-12-14-7-6-11(16-12)17-8-15-9-4-2-3-5-10(9)17/h2-8H,1H3,(H,13,14,16). The van der Waals surface area contributed by atoms with E-state index in [1.807, 2.05) is 34.9 Å². The molecule has 0 fully saturated rings. The van der Waals surface area contributed by atoms with Crippen molar-refractivity contribution in [3.8, 4) is 5.82 Å². The first kappa shape index (κ1) is 9.77. The van der Waals surface area contributed by atoms with Gasteiger partial charge in [-0.25, -0.2) is 9.97 Å². The number of rotatable bonds is 2. The zero-order valence-corrected chi connectivity index (χ0v) is 9.33. The smallest absolute Gasteiger partial charge is 0.224 e. The fourth-order valence-corrected chi connectivity index (χ4v) is 1.75. The van der Waals surface area contributed by atoms with E-state index in [0.717, 1.165) is 16.9 Å². The largest absolute Gasteiger partial charge is 0.357 e. The molecule has 5 heteroatoms. The summed E-state index contributed by atoms with van der Waals surface area (Å²) >= 11 is 0. The van der Waals surface area contributed by atoms with E-state index in [0.29, 0.717) is 5.95 Å². The van der Waals surface area contributed by atoms with E-state index in [2.05, 4.69) is 20.3 Å². The number of para-hydroxylation sites is 2. The van der Waals surface area contributed by atoms with Gasteiger partial charge in [0.2, 0.25) is 5.95 Å². The van der Waals surface area contributed by atoms with Gasteiger partial charge in [-0.1, -0.05) is 12.1 Å². The van der Waals surface area contributed by atoms with Crippen LogP contribution in [0.3, 0.4) is 0 Å². The highest BCUT2D eigenvalue weighted by Gasteiger charge is 2.05. The molecule has 84 valence electrons. The minimum Gasteiger partial charge on any atom is -0.357 e. The first-order valence-corrected chi connectivity index (χ1v) is 5.32. The molecule has 0 amide bonds. The van der Waals surface area contributed by atoms with Gasteiger partial charge in [0.15, 0.2) is 0 Å². The average molecular weight is 225 g/mol. The molecule has 2 heterocycles. The number of anilines is 1. The zero-order chi connectivity index (χ0) is 11.7. The van der Waals surface area contributed by atoms with Crippen molar-refractivity contribution in [3.63, 3.8) is 0 Å². The van der Waals surface area contributed by atoms with Gasteiger partial charge in [0.25, 0.3) is 0 Å². The van der Waals surface area contributed by atoms with Crippen LogP contribution in [0, 0.1) is 0 Å². The van der Waals surface area contributed by atoms with E-state index < -0.39 is 0 Å². The maximum atomic E-state index is 4.38. The third-order valence-corrected chi connectivity index (χ3v) is 2.56. The molecule has 0 aliphatic rings. The predicted octanol–water partition coefficient (Wildman–Crippen LogP) is 1.86. The van der Waals surface area contributed by atoms with Gasteiger partial charge in [-0.3, -0.25) is 4.57 Å². The van der Waals surface area contributed by atoms with Crippen LogP contribution in [0.2, 0.25) is 0 Å². The third kappa shape index (κ3) is 1.61. The zero-order valence-electron chi connectivity index (χ0n) is 9.33. The Bertz CT molecular complexity index is 659. The van der Waals surface area contributed by atoms with Gasteiger partial charge in [0.05, 0.1) is 11.0 Å². The van der Waals surface area contributed by atoms with Gasteiger partial charge < -0.3 is 5.32 Å². The van der Waals surface area contributed by atoms with E-state index in [-0.39, 0.29) is 0 Å². The van der Waals surface area contributed by atoms with Crippen molar-refractivity contribution < 1.29 is 0 Å². The molecule has 0 spiro atoms. The van der Waals surface area contributed by atoms with Crippen molar-refractivity contribution in [1.29, 1.82) is 0 Å². The molecule has 0 aliphatic carbocycles. The quantitative estimate of drug-likeness (QED) is 0.723. The van der Waals surface area contributed by atoms with E-state index in [1.165, 1.54) is 0 Å². The number of hydrogen-bond acceptors (Lipinski definition) is 4. The van der Waals surface area contributed by atoms with Gasteiger partial charge >= 0.3 is 0 Å². The molecule has 0 aliphatic heterocycles. The topological polar surface area (TPSA) is 55.6 Å². The van der Waals surface area contributed by atoms with E-state index >= 15 is 0 Å². The summed E-state index contributed by atoms with van der Waals surface area (Å²) in [6.07, 6.45) is 3.50. The summed E-state index contributed by atoms with van der Waals surface area (Å²) in [5, 5.41) is 2.92. The fourth-order valence-electron chi connectivity index (χ4n) is 1.75. The molecular weight excluding hydrogens is 214 g/mol. The summed E-state index contributed by atoms with van der Waals surface area (Å²) in [6, 6.07) is 9.81. The van der Waals surface area contributed by atoms with Gasteiger partial charge in [0.1, 0.15) is 12.1 Å². The van der Waals surface area contributed by atoms with E-state index in [9.17, 15) is 0 Å². The summed E-state index contributed by atoms with van der Waals surface area (Å²) in [6.45, 7) is 0. The molecule has 0 atom stereocenters. The lowest BCUT2D eigenvalue weighted by molar-refractivity contribution is 0.996. The first-order chi connectivity index (χ1) is 8.38. The molecule has 0 saturated carbocycles. The summed E-state index contributed by atoms with van der Waals surface area (Å²) < 4.78 is 1.94. The van der Waals surface area contributed by atoms with Gasteiger partial charge in [0, 0.05) is 13.2 Å². The molecule has 1 N–H and O–H groups in total. The molecule has 1 aromatic carbocycles. The van der Waals surface area contributed by atoms with Crippen molar-refractivity contribution in [2.24, 2.45) is 0 Å². The Morgan fingerprint density at radius 2 is 2.00 bits per heavy atom. The number of hydrogen-bond donors (Lipinski definition) is 1. The minimum absolute atomic E-state index is 0.597. The number of nitrogens with one attached hydrogen (secondary N) is 1. The monoisotopic (exact) mass is 225 g/mol. The fraction of sp³-hybridized carbons (Fsp3) is 0.0833. The molecule has 5 nitrogen and oxygen atoms in total. The Morgan fingerprint density at radius 3 is 2.88 bits per heavy atom. The lowest BCUT2D eigenvalue weighted by Crippen LogP contribution is -2.01. The first-order valence-electron chi connectivity index (χ1n) is 5.32. The predicted molar refractivity (Wildman–Crippen MR) is 66.2 cm³/mol. The van der Waals surface area contributed by atoms with Crippen LogP contribution in [-0.4, -0.2) is 26.6 Å². The molecule has 0 saturated heterocycles. The second kappa shape index (κ2) is 3.86. The highest BCUT2D eigenvalue weighted by Crippen LogP contribution is 2.16. The highest BCUT2D eigenvalue weighted by molar-refractivity contribution is 5.76. The van der Waals surface area contributed by atoms with Crippen molar-refractivity contribution in [2.45, 2.75) is 0 Å². The lowest BCUT2D eigenvalue weighted by Gasteiger charge is -2.04. The molecule has 17 heavy (non-hydrogen) atoms. The Balaban J connectivity index is 2.20. The van der Waals surface area contributed by atoms with Crippen LogP contribution >= 0.6 is 0 Å². The number of imidazole rings is 1. The van der Waals surface area contributed by atoms with Crippen molar-refractivity contribution in [1.82, 2.24) is 19.5 Å². The summed E-state index contributed by atoms with van der Waals surface area (Å²) in [5.74, 6) is 1.40. The van der Waals surface area contributed by atoms with Crippen molar-refractivity contribution in [3.05, 3.63) is 42.9 Å². The minimum atomic E-state index is 0.597. The summed E-state index contributed by atoms with van der Waals surface area (Å²) in [5.41, 5.74) is 1.99. The average Bonchev–Trinajstić information content (AvgIpc) is 2.82. The van der Waals surface area contributed by atoms with Crippen LogP contribution in [-0.2, 0) is 0 Å². The van der Waals surface area contributed by atoms with Gasteiger partial charge in [-0.15, -0.1) is 0 Å². The lowest BCUT2D eigenvalue weighted by atomic mass is 10.3. The summed E-state index contributed by atoms with van der Waals surface area (Å²) in [4.78, 5) is 12.8. The molecular formula is C12H11N5. The second-order valence-corrected chi connectivity index (χ2v) is 3.59. The molecule has 2 aromatic heterocycles. The number of benzene rings is 1. The van der Waals surface area contributed by atoms with Crippen LogP contribution < -0.4 is 5.32 Å². The Kier molecular flexibility index (Phi) is 2.22. The molecule has 0 unspecified atom stereocenters. The van der Waals surface area contributed by atoms with Crippen molar-refractivity contribution in [2.75, 3.05) is 12.4 Å². The van der Waals surface area contributed by atoms with E-state index in [4.69, 9.17) is 0 Å².